The van der Waals surface area contributed by atoms with Crippen molar-refractivity contribution in [1.29, 1.82) is 0 Å². The van der Waals surface area contributed by atoms with Gasteiger partial charge in [-0.25, -0.2) is 0 Å². The number of hydrogen-bond acceptors (Lipinski definition) is 2. The van der Waals surface area contributed by atoms with Crippen molar-refractivity contribution in [3.63, 3.8) is 0 Å². The second-order valence-corrected chi connectivity index (χ2v) is 6.82. The Morgan fingerprint density at radius 3 is 2.29 bits per heavy atom. The van der Waals surface area contributed by atoms with Crippen LogP contribution in [0, 0.1) is 20.8 Å². The van der Waals surface area contributed by atoms with E-state index in [1.54, 1.807) is 0 Å². The summed E-state index contributed by atoms with van der Waals surface area (Å²) in [7, 11) is 0. The molecule has 0 spiro atoms. The quantitative estimate of drug-likeness (QED) is 0.863. The van der Waals surface area contributed by atoms with Crippen molar-refractivity contribution in [2.24, 2.45) is 0 Å². The molecule has 1 amide bonds. The Balaban J connectivity index is 1.59. The molecule has 0 bridgehead atoms. The smallest absolute Gasteiger partial charge is 0.227 e. The van der Waals surface area contributed by atoms with Gasteiger partial charge in [0.05, 0.1) is 6.42 Å². The van der Waals surface area contributed by atoms with Crippen molar-refractivity contribution in [2.75, 3.05) is 31.1 Å². The van der Waals surface area contributed by atoms with E-state index in [4.69, 9.17) is 0 Å². The van der Waals surface area contributed by atoms with Crippen LogP contribution in [0.4, 0.5) is 5.69 Å². The van der Waals surface area contributed by atoms with Gasteiger partial charge in [-0.15, -0.1) is 0 Å². The highest BCUT2D eigenvalue weighted by molar-refractivity contribution is 5.79. The molecule has 1 aliphatic rings. The minimum atomic E-state index is 0.237. The van der Waals surface area contributed by atoms with E-state index >= 15 is 0 Å². The van der Waals surface area contributed by atoms with Gasteiger partial charge in [-0.05, 0) is 38.0 Å². The number of rotatable bonds is 3. The number of anilines is 1. The summed E-state index contributed by atoms with van der Waals surface area (Å²) in [6.45, 7) is 9.77. The summed E-state index contributed by atoms with van der Waals surface area (Å²) < 4.78 is 0. The van der Waals surface area contributed by atoms with Crippen molar-refractivity contribution >= 4 is 11.6 Å². The summed E-state index contributed by atoms with van der Waals surface area (Å²) in [5.74, 6) is 0.237. The van der Waals surface area contributed by atoms with Crippen molar-refractivity contribution in [3.05, 3.63) is 64.7 Å². The van der Waals surface area contributed by atoms with Crippen LogP contribution in [0.5, 0.6) is 0 Å². The summed E-state index contributed by atoms with van der Waals surface area (Å²) in [6, 6.07) is 14.8. The molecule has 0 aromatic heterocycles. The van der Waals surface area contributed by atoms with E-state index in [2.05, 4.69) is 56.0 Å². The molecule has 2 aromatic carbocycles. The average Bonchev–Trinajstić information content (AvgIpc) is 2.55. The standard InChI is InChI=1S/C21H26N2O/c1-16-5-4-6-19(14-16)15-21(24)23-11-9-22(10-12-23)20-8-7-17(2)13-18(20)3/h4-8,13-14H,9-12,15H2,1-3H3. The predicted octanol–water partition coefficient (Wildman–Crippen LogP) is 3.50. The van der Waals surface area contributed by atoms with Crippen molar-refractivity contribution in [1.82, 2.24) is 4.90 Å². The lowest BCUT2D eigenvalue weighted by Gasteiger charge is -2.37. The first-order valence-corrected chi connectivity index (χ1v) is 8.68. The van der Waals surface area contributed by atoms with Gasteiger partial charge in [0, 0.05) is 31.9 Å². The van der Waals surface area contributed by atoms with E-state index in [0.717, 1.165) is 31.7 Å². The van der Waals surface area contributed by atoms with Crippen LogP contribution in [0.1, 0.15) is 22.3 Å². The average molecular weight is 322 g/mol. The maximum atomic E-state index is 12.5. The third kappa shape index (κ3) is 3.78. The minimum absolute atomic E-state index is 0.237. The normalized spacial score (nSPS) is 14.8. The van der Waals surface area contributed by atoms with E-state index in [0.29, 0.717) is 6.42 Å². The number of aryl methyl sites for hydroxylation is 3. The van der Waals surface area contributed by atoms with Crippen LogP contribution in [0.15, 0.2) is 42.5 Å². The maximum Gasteiger partial charge on any atom is 0.227 e. The van der Waals surface area contributed by atoms with Gasteiger partial charge in [-0.2, -0.15) is 0 Å². The fourth-order valence-electron chi connectivity index (χ4n) is 3.47. The van der Waals surface area contributed by atoms with E-state index in [1.807, 2.05) is 17.0 Å². The molecule has 1 saturated heterocycles. The third-order valence-corrected chi connectivity index (χ3v) is 4.76. The van der Waals surface area contributed by atoms with Crippen LogP contribution in [-0.2, 0) is 11.2 Å². The molecule has 1 heterocycles. The SMILES string of the molecule is Cc1cccc(CC(=O)N2CCN(c3ccc(C)cc3C)CC2)c1. The molecule has 0 N–H and O–H groups in total. The molecule has 24 heavy (non-hydrogen) atoms. The largest absolute Gasteiger partial charge is 0.368 e. The number of piperazine rings is 1. The Labute approximate surface area is 144 Å². The lowest BCUT2D eigenvalue weighted by molar-refractivity contribution is -0.130. The molecule has 3 heteroatoms. The monoisotopic (exact) mass is 322 g/mol. The molecule has 0 aliphatic carbocycles. The number of carbonyl (C=O) groups is 1. The zero-order valence-corrected chi connectivity index (χ0v) is 14.9. The van der Waals surface area contributed by atoms with Crippen LogP contribution in [0.3, 0.4) is 0 Å². The molecule has 0 radical (unpaired) electrons. The van der Waals surface area contributed by atoms with Crippen molar-refractivity contribution < 1.29 is 4.79 Å². The molecule has 0 atom stereocenters. The highest BCUT2D eigenvalue weighted by Crippen LogP contribution is 2.22. The predicted molar refractivity (Wildman–Crippen MR) is 99.6 cm³/mol. The first-order chi connectivity index (χ1) is 11.5. The highest BCUT2D eigenvalue weighted by atomic mass is 16.2. The van der Waals surface area contributed by atoms with Crippen LogP contribution < -0.4 is 4.90 Å². The molecule has 3 rings (SSSR count). The van der Waals surface area contributed by atoms with Crippen LogP contribution in [0.2, 0.25) is 0 Å². The zero-order valence-electron chi connectivity index (χ0n) is 14.9. The van der Waals surface area contributed by atoms with Gasteiger partial charge >= 0.3 is 0 Å². The summed E-state index contributed by atoms with van der Waals surface area (Å²) in [6.07, 6.45) is 0.505. The van der Waals surface area contributed by atoms with Gasteiger partial charge in [0.15, 0.2) is 0 Å². The minimum Gasteiger partial charge on any atom is -0.368 e. The van der Waals surface area contributed by atoms with Crippen LogP contribution in [0.25, 0.3) is 0 Å². The molecular weight excluding hydrogens is 296 g/mol. The van der Waals surface area contributed by atoms with Gasteiger partial charge < -0.3 is 9.80 Å². The fraction of sp³-hybridized carbons (Fsp3) is 0.381. The van der Waals surface area contributed by atoms with Crippen LogP contribution >= 0.6 is 0 Å². The summed E-state index contributed by atoms with van der Waals surface area (Å²) in [5.41, 5.74) is 6.22. The first kappa shape index (κ1) is 16.6. The summed E-state index contributed by atoms with van der Waals surface area (Å²) in [4.78, 5) is 16.9. The van der Waals surface area contributed by atoms with E-state index in [9.17, 15) is 4.79 Å². The van der Waals surface area contributed by atoms with Gasteiger partial charge in [0.25, 0.3) is 0 Å². The maximum absolute atomic E-state index is 12.5. The van der Waals surface area contributed by atoms with E-state index in [-0.39, 0.29) is 5.91 Å². The highest BCUT2D eigenvalue weighted by Gasteiger charge is 2.22. The lowest BCUT2D eigenvalue weighted by atomic mass is 10.1. The van der Waals surface area contributed by atoms with Crippen molar-refractivity contribution in [2.45, 2.75) is 27.2 Å². The Bertz CT molecular complexity index is 730. The third-order valence-electron chi connectivity index (χ3n) is 4.76. The molecule has 0 saturated carbocycles. The number of benzene rings is 2. The molecule has 1 aliphatic heterocycles. The van der Waals surface area contributed by atoms with Gasteiger partial charge in [-0.1, -0.05) is 47.5 Å². The molecular formula is C21H26N2O. The number of carbonyl (C=O) groups excluding carboxylic acids is 1. The Morgan fingerprint density at radius 2 is 1.62 bits per heavy atom. The molecule has 1 fully saturated rings. The molecule has 2 aromatic rings. The van der Waals surface area contributed by atoms with Crippen LogP contribution in [-0.4, -0.2) is 37.0 Å². The van der Waals surface area contributed by atoms with Gasteiger partial charge in [0.1, 0.15) is 0 Å². The first-order valence-electron chi connectivity index (χ1n) is 8.68. The summed E-state index contributed by atoms with van der Waals surface area (Å²) in [5, 5.41) is 0. The van der Waals surface area contributed by atoms with Gasteiger partial charge in [-0.3, -0.25) is 4.79 Å². The van der Waals surface area contributed by atoms with E-state index in [1.165, 1.54) is 22.4 Å². The number of nitrogens with zero attached hydrogens (tertiary/aromatic N) is 2. The van der Waals surface area contributed by atoms with Crippen molar-refractivity contribution in [3.8, 4) is 0 Å². The van der Waals surface area contributed by atoms with E-state index < -0.39 is 0 Å². The Hall–Kier alpha value is -2.29. The second kappa shape index (κ2) is 7.08. The Morgan fingerprint density at radius 1 is 0.917 bits per heavy atom. The number of amides is 1. The number of hydrogen-bond donors (Lipinski definition) is 0. The molecule has 126 valence electrons. The summed E-state index contributed by atoms with van der Waals surface area (Å²) >= 11 is 0. The lowest BCUT2D eigenvalue weighted by Crippen LogP contribution is -2.49. The zero-order chi connectivity index (χ0) is 17.1. The topological polar surface area (TPSA) is 23.6 Å². The fourth-order valence-corrected chi connectivity index (χ4v) is 3.47. The van der Waals surface area contributed by atoms with Gasteiger partial charge in [0.2, 0.25) is 5.91 Å². The Kier molecular flexibility index (Phi) is 4.89. The second-order valence-electron chi connectivity index (χ2n) is 6.82. The molecule has 3 nitrogen and oxygen atoms in total. The molecule has 0 unspecified atom stereocenters.